The Balaban J connectivity index is 0.00000324. The molecule has 180 valence electrons. The van der Waals surface area contributed by atoms with Crippen LogP contribution in [0.2, 0.25) is 5.02 Å². The Morgan fingerprint density at radius 3 is 2.65 bits per heavy atom. The molecule has 8 nitrogen and oxygen atoms in total. The van der Waals surface area contributed by atoms with Crippen molar-refractivity contribution in [2.45, 2.75) is 31.5 Å². The summed E-state index contributed by atoms with van der Waals surface area (Å²) in [5.74, 6) is 0.592. The van der Waals surface area contributed by atoms with E-state index < -0.39 is 0 Å². The summed E-state index contributed by atoms with van der Waals surface area (Å²) in [6, 6.07) is 14.2. The molecule has 1 unspecified atom stereocenters. The smallest absolute Gasteiger partial charge is 0.257 e. The van der Waals surface area contributed by atoms with Crippen LogP contribution < -0.4 is 10.6 Å². The van der Waals surface area contributed by atoms with Gasteiger partial charge in [-0.05, 0) is 49.2 Å². The maximum Gasteiger partial charge on any atom is 0.257 e. The topological polar surface area (TPSA) is 98.1 Å². The normalized spacial score (nSPS) is 14.9. The fourth-order valence-corrected chi connectivity index (χ4v) is 4.41. The number of benzene rings is 2. The third-order valence-electron chi connectivity index (χ3n) is 5.24. The van der Waals surface area contributed by atoms with E-state index in [1.165, 1.54) is 11.8 Å². The van der Waals surface area contributed by atoms with E-state index >= 15 is 0 Å². The Labute approximate surface area is 208 Å². The van der Waals surface area contributed by atoms with Gasteiger partial charge in [-0.1, -0.05) is 42.9 Å². The highest BCUT2D eigenvalue weighted by molar-refractivity contribution is 7.99. The van der Waals surface area contributed by atoms with E-state index in [4.69, 9.17) is 16.3 Å². The summed E-state index contributed by atoms with van der Waals surface area (Å²) in [5, 5.41) is 15.3. The van der Waals surface area contributed by atoms with Crippen molar-refractivity contribution in [3.8, 4) is 11.4 Å². The molecule has 0 aliphatic carbocycles. The van der Waals surface area contributed by atoms with E-state index in [2.05, 4.69) is 20.8 Å². The van der Waals surface area contributed by atoms with Gasteiger partial charge in [0.25, 0.3) is 5.91 Å². The second kappa shape index (κ2) is 12.0. The fraction of sp³-hybridized carbons (Fsp3) is 0.333. The highest BCUT2D eigenvalue weighted by Crippen LogP contribution is 2.24. The maximum atomic E-state index is 12.4. The van der Waals surface area contributed by atoms with Crippen LogP contribution in [0.5, 0.6) is 0 Å². The Kier molecular flexibility index (Phi) is 9.09. The lowest BCUT2D eigenvalue weighted by atomic mass is 10.1. The number of nitrogens with one attached hydrogen (secondary N) is 2. The van der Waals surface area contributed by atoms with Crippen molar-refractivity contribution in [2.24, 2.45) is 7.05 Å². The highest BCUT2D eigenvalue weighted by Gasteiger charge is 2.17. The molecule has 4 rings (SSSR count). The van der Waals surface area contributed by atoms with E-state index in [9.17, 15) is 9.59 Å². The van der Waals surface area contributed by atoms with E-state index in [0.29, 0.717) is 33.8 Å². The first-order valence-electron chi connectivity index (χ1n) is 10.6. The quantitative estimate of drug-likeness (QED) is 0.444. The van der Waals surface area contributed by atoms with Gasteiger partial charge in [0.1, 0.15) is 0 Å². The van der Waals surface area contributed by atoms with Gasteiger partial charge in [0.15, 0.2) is 11.0 Å². The second-order valence-electron chi connectivity index (χ2n) is 7.60. The zero-order valence-corrected chi connectivity index (χ0v) is 19.7. The number of nitrogens with zero attached hydrogens (tertiary/aromatic N) is 3. The van der Waals surface area contributed by atoms with Crippen LogP contribution in [0.1, 0.15) is 30.6 Å². The lowest BCUT2D eigenvalue weighted by molar-refractivity contribution is -0.119. The monoisotopic (exact) mass is 501 g/mol. The molecule has 2 heterocycles. The molecule has 3 aromatic rings. The summed E-state index contributed by atoms with van der Waals surface area (Å²) in [7, 11) is 1.86. The molecule has 10 heteroatoms. The number of carbonyl (C=O) groups is 2. The maximum absolute atomic E-state index is 12.4. The minimum atomic E-state index is -0.275. The molecule has 2 amide bonds. The van der Waals surface area contributed by atoms with Crippen LogP contribution in [-0.4, -0.2) is 51.6 Å². The van der Waals surface area contributed by atoms with Gasteiger partial charge < -0.3 is 19.9 Å². The van der Waals surface area contributed by atoms with Crippen LogP contribution in [0.4, 0.5) is 5.69 Å². The van der Waals surface area contributed by atoms with Crippen LogP contribution in [0, 0.1) is 0 Å². The summed E-state index contributed by atoms with van der Waals surface area (Å²) in [6.07, 6.45) is 2.16. The van der Waals surface area contributed by atoms with Crippen molar-refractivity contribution >= 4 is 40.9 Å². The van der Waals surface area contributed by atoms with E-state index in [1.807, 2.05) is 23.7 Å². The van der Waals surface area contributed by atoms with Crippen molar-refractivity contribution < 1.29 is 14.3 Å². The molecule has 0 radical (unpaired) electrons. The first-order chi connectivity index (χ1) is 16.0. The zero-order valence-electron chi connectivity index (χ0n) is 18.1. The first-order valence-corrected chi connectivity index (χ1v) is 11.9. The summed E-state index contributed by atoms with van der Waals surface area (Å²) in [6.45, 7) is 1.31. The summed E-state index contributed by atoms with van der Waals surface area (Å²) >= 11 is 7.42. The number of amides is 2. The number of halogens is 1. The van der Waals surface area contributed by atoms with Gasteiger partial charge in [-0.3, -0.25) is 9.59 Å². The number of hydrogen-bond donors (Lipinski definition) is 2. The molecule has 1 aliphatic heterocycles. The molecule has 2 aromatic carbocycles. The van der Waals surface area contributed by atoms with Crippen LogP contribution >= 0.6 is 23.4 Å². The number of aromatic nitrogens is 3. The van der Waals surface area contributed by atoms with Crippen molar-refractivity contribution in [3.05, 3.63) is 59.1 Å². The highest BCUT2D eigenvalue weighted by atomic mass is 35.5. The SMILES string of the molecule is C.Cn1c(SCC(=O)NCC2CCCO2)nnc1-c1ccc(NC(=O)c2ccccc2Cl)cc1. The van der Waals surface area contributed by atoms with Gasteiger partial charge >= 0.3 is 0 Å². The predicted octanol–water partition coefficient (Wildman–Crippen LogP) is 4.41. The number of ether oxygens (including phenoxy) is 1. The van der Waals surface area contributed by atoms with Crippen molar-refractivity contribution in [3.63, 3.8) is 0 Å². The van der Waals surface area contributed by atoms with Gasteiger partial charge in [0, 0.05) is 31.5 Å². The molecular weight excluding hydrogens is 474 g/mol. The summed E-state index contributed by atoms with van der Waals surface area (Å²) in [4.78, 5) is 24.6. The average Bonchev–Trinajstić information content (AvgIpc) is 3.47. The van der Waals surface area contributed by atoms with Gasteiger partial charge in [-0.15, -0.1) is 10.2 Å². The van der Waals surface area contributed by atoms with Crippen molar-refractivity contribution in [1.29, 1.82) is 0 Å². The van der Waals surface area contributed by atoms with Crippen molar-refractivity contribution in [1.82, 2.24) is 20.1 Å². The van der Waals surface area contributed by atoms with Crippen LogP contribution in [0.3, 0.4) is 0 Å². The lowest BCUT2D eigenvalue weighted by Crippen LogP contribution is -2.32. The number of thioether (sulfide) groups is 1. The van der Waals surface area contributed by atoms with E-state index in [1.54, 1.807) is 36.4 Å². The minimum absolute atomic E-state index is 0. The first kappa shape index (κ1) is 25.7. The summed E-state index contributed by atoms with van der Waals surface area (Å²) < 4.78 is 7.36. The Bertz CT molecular complexity index is 1130. The molecule has 0 bridgehead atoms. The van der Waals surface area contributed by atoms with Crippen LogP contribution in [0.15, 0.2) is 53.7 Å². The molecule has 1 atom stereocenters. The lowest BCUT2D eigenvalue weighted by Gasteiger charge is -2.10. The number of rotatable bonds is 8. The minimum Gasteiger partial charge on any atom is -0.376 e. The second-order valence-corrected chi connectivity index (χ2v) is 8.95. The number of hydrogen-bond acceptors (Lipinski definition) is 6. The molecule has 0 spiro atoms. The van der Waals surface area contributed by atoms with Gasteiger partial charge in [-0.2, -0.15) is 0 Å². The molecule has 34 heavy (non-hydrogen) atoms. The molecule has 1 aliphatic rings. The summed E-state index contributed by atoms with van der Waals surface area (Å²) in [5.41, 5.74) is 1.90. The standard InChI is InChI=1S/C23H24ClN5O3S.CH4/c1-29-21(27-28-23(29)33-14-20(30)25-13-17-5-4-12-32-17)15-8-10-16(11-9-15)26-22(31)18-6-2-3-7-19(18)24;/h2-3,6-11,17H,4-5,12-14H2,1H3,(H,25,30)(H,26,31);1H4. The molecule has 0 saturated carbocycles. The molecule has 1 fully saturated rings. The largest absolute Gasteiger partial charge is 0.376 e. The zero-order chi connectivity index (χ0) is 23.2. The molecule has 1 saturated heterocycles. The average molecular weight is 502 g/mol. The van der Waals surface area contributed by atoms with Crippen LogP contribution in [-0.2, 0) is 16.6 Å². The third kappa shape index (κ3) is 6.37. The Morgan fingerprint density at radius 2 is 1.94 bits per heavy atom. The van der Waals surface area contributed by atoms with Gasteiger partial charge in [0.2, 0.25) is 5.91 Å². The Hall–Kier alpha value is -2.88. The third-order valence-corrected chi connectivity index (χ3v) is 6.59. The van der Waals surface area contributed by atoms with E-state index in [0.717, 1.165) is 25.0 Å². The predicted molar refractivity (Wildman–Crippen MR) is 135 cm³/mol. The van der Waals surface area contributed by atoms with Gasteiger partial charge in [0.05, 0.1) is 22.4 Å². The molecule has 2 N–H and O–H groups in total. The Morgan fingerprint density at radius 1 is 1.18 bits per heavy atom. The van der Waals surface area contributed by atoms with Crippen molar-refractivity contribution in [2.75, 3.05) is 24.2 Å². The fourth-order valence-electron chi connectivity index (χ4n) is 3.45. The van der Waals surface area contributed by atoms with Gasteiger partial charge in [-0.25, -0.2) is 0 Å². The van der Waals surface area contributed by atoms with E-state index in [-0.39, 0.29) is 31.1 Å². The number of carbonyl (C=O) groups excluding carboxylic acids is 2. The molecule has 1 aromatic heterocycles. The number of anilines is 1. The van der Waals surface area contributed by atoms with Crippen LogP contribution in [0.25, 0.3) is 11.4 Å². The molecular formula is C24H28ClN5O3S.